The van der Waals surface area contributed by atoms with Crippen LogP contribution in [-0.4, -0.2) is 42.8 Å². The Labute approximate surface area is 138 Å². The SMILES string of the molecule is COC(=O)C(NC(=O)NC(C(=O)OC(C)(C)C)C(C)C)C(C)C. The van der Waals surface area contributed by atoms with E-state index in [1.54, 1.807) is 48.5 Å². The van der Waals surface area contributed by atoms with E-state index in [0.29, 0.717) is 0 Å². The van der Waals surface area contributed by atoms with Crippen molar-refractivity contribution < 1.29 is 23.9 Å². The maximum atomic E-state index is 12.2. The molecule has 0 heterocycles. The molecule has 0 aliphatic carbocycles. The van der Waals surface area contributed by atoms with Gasteiger partial charge in [0.05, 0.1) is 7.11 Å². The highest BCUT2D eigenvalue weighted by atomic mass is 16.6. The number of carbonyl (C=O) groups excluding carboxylic acids is 3. The smallest absolute Gasteiger partial charge is 0.329 e. The lowest BCUT2D eigenvalue weighted by molar-refractivity contribution is -0.158. The van der Waals surface area contributed by atoms with Gasteiger partial charge in [-0.1, -0.05) is 27.7 Å². The molecule has 0 saturated heterocycles. The number of carbonyl (C=O) groups is 3. The van der Waals surface area contributed by atoms with Crippen molar-refractivity contribution in [2.24, 2.45) is 11.8 Å². The third-order valence-corrected chi connectivity index (χ3v) is 3.02. The fraction of sp³-hybridized carbons (Fsp3) is 0.812. The molecule has 0 aliphatic rings. The summed E-state index contributed by atoms with van der Waals surface area (Å²) in [6.45, 7) is 12.5. The van der Waals surface area contributed by atoms with Crippen LogP contribution in [-0.2, 0) is 19.1 Å². The third-order valence-electron chi connectivity index (χ3n) is 3.02. The number of urea groups is 1. The van der Waals surface area contributed by atoms with E-state index in [0.717, 1.165) is 0 Å². The van der Waals surface area contributed by atoms with Gasteiger partial charge in [-0.15, -0.1) is 0 Å². The van der Waals surface area contributed by atoms with E-state index in [1.807, 2.05) is 0 Å². The standard InChI is InChI=1S/C16H30N2O5/c1-9(2)11(13(19)22-8)17-15(21)18-12(10(3)4)14(20)23-16(5,6)7/h9-12H,1-8H3,(H2,17,18,21). The Morgan fingerprint density at radius 3 is 1.52 bits per heavy atom. The van der Waals surface area contributed by atoms with Gasteiger partial charge in [-0.05, 0) is 32.6 Å². The second kappa shape index (κ2) is 8.74. The second-order valence-electron chi connectivity index (χ2n) is 7.12. The zero-order chi connectivity index (χ0) is 18.4. The highest BCUT2D eigenvalue weighted by Gasteiger charge is 2.31. The molecule has 7 heteroatoms. The summed E-state index contributed by atoms with van der Waals surface area (Å²) < 4.78 is 9.98. The van der Waals surface area contributed by atoms with Crippen molar-refractivity contribution in [2.45, 2.75) is 66.2 Å². The zero-order valence-corrected chi connectivity index (χ0v) is 15.4. The molecule has 0 fully saturated rings. The Kier molecular flexibility index (Phi) is 8.06. The summed E-state index contributed by atoms with van der Waals surface area (Å²) in [5.74, 6) is -1.35. The minimum absolute atomic E-state index is 0.146. The molecule has 0 aromatic rings. The van der Waals surface area contributed by atoms with Crippen LogP contribution in [0.3, 0.4) is 0 Å². The van der Waals surface area contributed by atoms with Gasteiger partial charge in [0, 0.05) is 0 Å². The minimum Gasteiger partial charge on any atom is -0.467 e. The van der Waals surface area contributed by atoms with Crippen molar-refractivity contribution in [2.75, 3.05) is 7.11 Å². The number of esters is 2. The van der Waals surface area contributed by atoms with Gasteiger partial charge in [-0.3, -0.25) is 0 Å². The quantitative estimate of drug-likeness (QED) is 0.725. The van der Waals surface area contributed by atoms with Crippen LogP contribution in [0.25, 0.3) is 0 Å². The number of ether oxygens (including phenoxy) is 2. The van der Waals surface area contributed by atoms with E-state index in [2.05, 4.69) is 15.4 Å². The van der Waals surface area contributed by atoms with E-state index in [9.17, 15) is 14.4 Å². The number of hydrogen-bond acceptors (Lipinski definition) is 5. The van der Waals surface area contributed by atoms with Crippen LogP contribution in [0.15, 0.2) is 0 Å². The second-order valence-corrected chi connectivity index (χ2v) is 7.12. The normalized spacial score (nSPS) is 14.2. The molecule has 0 rings (SSSR count). The van der Waals surface area contributed by atoms with Crippen molar-refractivity contribution >= 4 is 18.0 Å². The molecule has 0 saturated carbocycles. The Balaban J connectivity index is 4.92. The van der Waals surface area contributed by atoms with Gasteiger partial charge in [0.15, 0.2) is 0 Å². The number of amides is 2. The molecule has 2 N–H and O–H groups in total. The highest BCUT2D eigenvalue weighted by Crippen LogP contribution is 2.12. The lowest BCUT2D eigenvalue weighted by Gasteiger charge is -2.27. The summed E-state index contributed by atoms with van der Waals surface area (Å²) in [5, 5.41) is 5.11. The van der Waals surface area contributed by atoms with Gasteiger partial charge in [-0.2, -0.15) is 0 Å². The fourth-order valence-corrected chi connectivity index (χ4v) is 1.81. The predicted octanol–water partition coefficient (Wildman–Crippen LogP) is 1.85. The maximum Gasteiger partial charge on any atom is 0.329 e. The summed E-state index contributed by atoms with van der Waals surface area (Å²) >= 11 is 0. The average Bonchev–Trinajstić information content (AvgIpc) is 2.38. The maximum absolute atomic E-state index is 12.2. The lowest BCUT2D eigenvalue weighted by atomic mass is 10.0. The molecule has 2 amide bonds. The molecule has 0 aliphatic heterocycles. The summed E-state index contributed by atoms with van der Waals surface area (Å²) in [6, 6.07) is -2.20. The summed E-state index contributed by atoms with van der Waals surface area (Å²) in [4.78, 5) is 36.0. The molecule has 134 valence electrons. The molecule has 0 aromatic carbocycles. The first-order valence-corrected chi connectivity index (χ1v) is 7.76. The molecular weight excluding hydrogens is 300 g/mol. The Bertz CT molecular complexity index is 427. The molecule has 2 unspecified atom stereocenters. The van der Waals surface area contributed by atoms with Crippen molar-refractivity contribution in [3.8, 4) is 0 Å². The van der Waals surface area contributed by atoms with Crippen LogP contribution in [0.5, 0.6) is 0 Å². The first kappa shape index (κ1) is 21.2. The van der Waals surface area contributed by atoms with Gasteiger partial charge in [0.2, 0.25) is 0 Å². The zero-order valence-electron chi connectivity index (χ0n) is 15.4. The molecule has 23 heavy (non-hydrogen) atoms. The molecule has 0 bridgehead atoms. The van der Waals surface area contributed by atoms with E-state index < -0.39 is 35.7 Å². The van der Waals surface area contributed by atoms with E-state index in [1.165, 1.54) is 7.11 Å². The molecule has 0 radical (unpaired) electrons. The van der Waals surface area contributed by atoms with Gasteiger partial charge in [-0.25, -0.2) is 14.4 Å². The highest BCUT2D eigenvalue weighted by molar-refractivity contribution is 5.87. The fourth-order valence-electron chi connectivity index (χ4n) is 1.81. The summed E-state index contributed by atoms with van der Waals surface area (Å²) in [7, 11) is 1.26. The largest absolute Gasteiger partial charge is 0.467 e. The van der Waals surface area contributed by atoms with Gasteiger partial charge in [0.25, 0.3) is 0 Å². The number of rotatable bonds is 6. The van der Waals surface area contributed by atoms with E-state index in [4.69, 9.17) is 4.74 Å². The number of nitrogens with one attached hydrogen (secondary N) is 2. The van der Waals surface area contributed by atoms with Crippen molar-refractivity contribution in [3.05, 3.63) is 0 Å². The van der Waals surface area contributed by atoms with Crippen LogP contribution in [0.2, 0.25) is 0 Å². The first-order valence-electron chi connectivity index (χ1n) is 7.76. The number of methoxy groups -OCH3 is 1. The van der Waals surface area contributed by atoms with E-state index >= 15 is 0 Å². The molecular formula is C16H30N2O5. The van der Waals surface area contributed by atoms with Crippen molar-refractivity contribution in [1.29, 1.82) is 0 Å². The van der Waals surface area contributed by atoms with Gasteiger partial charge >= 0.3 is 18.0 Å². The van der Waals surface area contributed by atoms with Gasteiger partial charge < -0.3 is 20.1 Å². The van der Waals surface area contributed by atoms with Gasteiger partial charge in [0.1, 0.15) is 17.7 Å². The Morgan fingerprint density at radius 2 is 1.22 bits per heavy atom. The minimum atomic E-state index is -0.806. The van der Waals surface area contributed by atoms with Crippen LogP contribution in [0.4, 0.5) is 4.79 Å². The average molecular weight is 330 g/mol. The van der Waals surface area contributed by atoms with Crippen molar-refractivity contribution in [1.82, 2.24) is 10.6 Å². The third kappa shape index (κ3) is 7.85. The Morgan fingerprint density at radius 1 is 0.826 bits per heavy atom. The lowest BCUT2D eigenvalue weighted by Crippen LogP contribution is -2.55. The predicted molar refractivity (Wildman–Crippen MR) is 86.8 cm³/mol. The van der Waals surface area contributed by atoms with Crippen LogP contribution < -0.4 is 10.6 Å². The molecule has 7 nitrogen and oxygen atoms in total. The van der Waals surface area contributed by atoms with Crippen LogP contribution in [0, 0.1) is 11.8 Å². The summed E-state index contributed by atoms with van der Waals surface area (Å²) in [6.07, 6.45) is 0. The topological polar surface area (TPSA) is 93.7 Å². The van der Waals surface area contributed by atoms with Crippen molar-refractivity contribution in [3.63, 3.8) is 0 Å². The van der Waals surface area contributed by atoms with Crippen LogP contribution in [0.1, 0.15) is 48.5 Å². The molecule has 0 aromatic heterocycles. The first-order chi connectivity index (χ1) is 10.4. The molecule has 2 atom stereocenters. The van der Waals surface area contributed by atoms with E-state index in [-0.39, 0.29) is 11.8 Å². The van der Waals surface area contributed by atoms with Crippen LogP contribution >= 0.6 is 0 Å². The Hall–Kier alpha value is -1.79. The molecule has 0 spiro atoms. The summed E-state index contributed by atoms with van der Waals surface area (Å²) in [5.41, 5.74) is -0.644. The monoisotopic (exact) mass is 330 g/mol. The number of hydrogen-bond donors (Lipinski definition) is 2.